The molecule has 14 heavy (non-hydrogen) atoms. The number of benzene rings is 1. The van der Waals surface area contributed by atoms with Gasteiger partial charge in [0.25, 0.3) is 0 Å². The van der Waals surface area contributed by atoms with Crippen LogP contribution in [-0.2, 0) is 0 Å². The number of para-hydroxylation sites is 1. The summed E-state index contributed by atoms with van der Waals surface area (Å²) < 4.78 is 5.35. The molecular weight excluding hydrogens is 200 g/mol. The fourth-order valence-electron chi connectivity index (χ4n) is 1.06. The first kappa shape index (κ1) is 10.8. The molecule has 74 valence electrons. The van der Waals surface area contributed by atoms with Gasteiger partial charge in [0.05, 0.1) is 5.56 Å². The zero-order valence-electron chi connectivity index (χ0n) is 7.87. The van der Waals surface area contributed by atoms with E-state index in [-0.39, 0.29) is 5.78 Å². The van der Waals surface area contributed by atoms with Gasteiger partial charge >= 0.3 is 0 Å². The van der Waals surface area contributed by atoms with Crippen LogP contribution in [0.25, 0.3) is 0 Å². The largest absolute Gasteiger partial charge is 0.489 e. The molecule has 0 aliphatic heterocycles. The zero-order valence-corrected chi connectivity index (χ0v) is 8.62. The third-order valence-corrected chi connectivity index (χ3v) is 1.87. The van der Waals surface area contributed by atoms with Gasteiger partial charge in [-0.25, -0.2) is 0 Å². The van der Waals surface area contributed by atoms with Crippen molar-refractivity contribution in [1.82, 2.24) is 0 Å². The zero-order chi connectivity index (χ0) is 10.4. The van der Waals surface area contributed by atoms with Gasteiger partial charge in [-0.15, -0.1) is 0 Å². The number of rotatable bonds is 4. The van der Waals surface area contributed by atoms with Gasteiger partial charge in [0.1, 0.15) is 12.4 Å². The minimum Gasteiger partial charge on any atom is -0.489 e. The second kappa shape index (κ2) is 5.45. The quantitative estimate of drug-likeness (QED) is 0.715. The van der Waals surface area contributed by atoms with Gasteiger partial charge in [0.15, 0.2) is 5.78 Å². The Labute approximate surface area is 88.1 Å². The van der Waals surface area contributed by atoms with Crippen molar-refractivity contribution in [3.8, 4) is 5.75 Å². The van der Waals surface area contributed by atoms with Gasteiger partial charge in [-0.2, -0.15) is 0 Å². The SMILES string of the molecule is CC(=O)c1ccccc1OC/C=C/Cl. The summed E-state index contributed by atoms with van der Waals surface area (Å²) in [4.78, 5) is 11.2. The minimum atomic E-state index is -0.00421. The van der Waals surface area contributed by atoms with Gasteiger partial charge in [0, 0.05) is 5.54 Å². The molecule has 0 bridgehead atoms. The predicted octanol–water partition coefficient (Wildman–Crippen LogP) is 3.02. The summed E-state index contributed by atoms with van der Waals surface area (Å²) in [5, 5.41) is 0. The molecule has 1 aromatic rings. The molecule has 0 aromatic heterocycles. The second-order valence-electron chi connectivity index (χ2n) is 2.73. The Hall–Kier alpha value is -1.28. The number of halogens is 1. The van der Waals surface area contributed by atoms with Crippen molar-refractivity contribution in [2.75, 3.05) is 6.61 Å². The number of ether oxygens (including phenoxy) is 1. The van der Waals surface area contributed by atoms with Crippen molar-refractivity contribution in [3.05, 3.63) is 41.4 Å². The summed E-state index contributed by atoms with van der Waals surface area (Å²) in [6, 6.07) is 7.13. The fourth-order valence-corrected chi connectivity index (χ4v) is 1.13. The molecule has 0 aliphatic carbocycles. The lowest BCUT2D eigenvalue weighted by atomic mass is 10.1. The summed E-state index contributed by atoms with van der Waals surface area (Å²) in [7, 11) is 0. The van der Waals surface area contributed by atoms with Gasteiger partial charge in [-0.1, -0.05) is 23.7 Å². The molecule has 2 nitrogen and oxygen atoms in total. The average molecular weight is 211 g/mol. The molecule has 0 aliphatic rings. The maximum atomic E-state index is 11.2. The Balaban J connectivity index is 2.79. The van der Waals surface area contributed by atoms with E-state index in [9.17, 15) is 4.79 Å². The van der Waals surface area contributed by atoms with E-state index in [0.717, 1.165) is 0 Å². The first-order chi connectivity index (χ1) is 6.75. The summed E-state index contributed by atoms with van der Waals surface area (Å²) >= 11 is 5.34. The summed E-state index contributed by atoms with van der Waals surface area (Å²) in [6.45, 7) is 1.88. The highest BCUT2D eigenvalue weighted by Crippen LogP contribution is 2.18. The first-order valence-corrected chi connectivity index (χ1v) is 4.67. The van der Waals surface area contributed by atoms with Crippen LogP contribution in [0.2, 0.25) is 0 Å². The number of ketones is 1. The van der Waals surface area contributed by atoms with Crippen LogP contribution in [0.3, 0.4) is 0 Å². The first-order valence-electron chi connectivity index (χ1n) is 4.23. The van der Waals surface area contributed by atoms with E-state index in [4.69, 9.17) is 16.3 Å². The van der Waals surface area contributed by atoms with Crippen molar-refractivity contribution in [2.45, 2.75) is 6.92 Å². The monoisotopic (exact) mass is 210 g/mol. The molecule has 0 radical (unpaired) electrons. The topological polar surface area (TPSA) is 26.3 Å². The fraction of sp³-hybridized carbons (Fsp3) is 0.182. The summed E-state index contributed by atoms with van der Waals surface area (Å²) in [5.74, 6) is 0.588. The van der Waals surface area contributed by atoms with Crippen molar-refractivity contribution in [2.24, 2.45) is 0 Å². The van der Waals surface area contributed by atoms with E-state index >= 15 is 0 Å². The van der Waals surface area contributed by atoms with Crippen LogP contribution in [0.4, 0.5) is 0 Å². The van der Waals surface area contributed by atoms with Crippen molar-refractivity contribution < 1.29 is 9.53 Å². The summed E-state index contributed by atoms with van der Waals surface area (Å²) in [5.41, 5.74) is 1.98. The third kappa shape index (κ3) is 2.89. The Bertz CT molecular complexity index is 345. The maximum Gasteiger partial charge on any atom is 0.163 e. The smallest absolute Gasteiger partial charge is 0.163 e. The number of hydrogen-bond acceptors (Lipinski definition) is 2. The molecule has 0 spiro atoms. The molecule has 0 atom stereocenters. The van der Waals surface area contributed by atoms with E-state index in [0.29, 0.717) is 17.9 Å². The van der Waals surface area contributed by atoms with Crippen LogP contribution in [-0.4, -0.2) is 12.4 Å². The predicted molar refractivity (Wildman–Crippen MR) is 56.9 cm³/mol. The van der Waals surface area contributed by atoms with Gasteiger partial charge in [-0.3, -0.25) is 4.79 Å². The standard InChI is InChI=1S/C11H11ClO2/c1-9(13)10-5-2-3-6-11(10)14-8-4-7-12/h2-7H,8H2,1H3/b7-4+. The van der Waals surface area contributed by atoms with Crippen LogP contribution in [0.1, 0.15) is 17.3 Å². The second-order valence-corrected chi connectivity index (χ2v) is 2.98. The van der Waals surface area contributed by atoms with Crippen LogP contribution in [0.5, 0.6) is 5.75 Å². The lowest BCUT2D eigenvalue weighted by Crippen LogP contribution is -2.00. The highest BCUT2D eigenvalue weighted by atomic mass is 35.5. The van der Waals surface area contributed by atoms with Crippen LogP contribution >= 0.6 is 11.6 Å². The van der Waals surface area contributed by atoms with Crippen molar-refractivity contribution in [1.29, 1.82) is 0 Å². The average Bonchev–Trinajstić information content (AvgIpc) is 2.19. The van der Waals surface area contributed by atoms with E-state index < -0.39 is 0 Å². The van der Waals surface area contributed by atoms with Crippen LogP contribution in [0, 0.1) is 0 Å². The molecular formula is C11H11ClO2. The lowest BCUT2D eigenvalue weighted by molar-refractivity contribution is 0.101. The Morgan fingerprint density at radius 2 is 2.21 bits per heavy atom. The highest BCUT2D eigenvalue weighted by Gasteiger charge is 2.05. The van der Waals surface area contributed by atoms with Gasteiger partial charge < -0.3 is 4.74 Å². The van der Waals surface area contributed by atoms with Gasteiger partial charge in [0.2, 0.25) is 0 Å². The van der Waals surface area contributed by atoms with E-state index in [1.165, 1.54) is 12.5 Å². The Morgan fingerprint density at radius 1 is 1.50 bits per heavy atom. The van der Waals surface area contributed by atoms with Gasteiger partial charge in [-0.05, 0) is 25.1 Å². The van der Waals surface area contributed by atoms with E-state index in [1.54, 1.807) is 24.3 Å². The molecule has 0 fully saturated rings. The van der Waals surface area contributed by atoms with Crippen molar-refractivity contribution in [3.63, 3.8) is 0 Å². The third-order valence-electron chi connectivity index (χ3n) is 1.69. The Kier molecular flexibility index (Phi) is 4.20. The molecule has 3 heteroatoms. The number of hydrogen-bond donors (Lipinski definition) is 0. The molecule has 0 saturated heterocycles. The molecule has 0 unspecified atom stereocenters. The molecule has 0 saturated carbocycles. The van der Waals surface area contributed by atoms with E-state index in [1.807, 2.05) is 6.07 Å². The highest BCUT2D eigenvalue weighted by molar-refractivity contribution is 6.25. The van der Waals surface area contributed by atoms with Crippen LogP contribution < -0.4 is 4.74 Å². The maximum absolute atomic E-state index is 11.2. The molecule has 0 amide bonds. The molecule has 0 N–H and O–H groups in total. The van der Waals surface area contributed by atoms with Crippen LogP contribution in [0.15, 0.2) is 35.9 Å². The van der Waals surface area contributed by atoms with Crippen molar-refractivity contribution >= 4 is 17.4 Å². The summed E-state index contributed by atoms with van der Waals surface area (Å²) in [6.07, 6.45) is 1.67. The molecule has 1 rings (SSSR count). The minimum absolute atomic E-state index is 0.00421. The number of Topliss-reactive ketones (excluding diaryl/α,β-unsaturated/α-hetero) is 1. The lowest BCUT2D eigenvalue weighted by Gasteiger charge is -2.06. The molecule has 0 heterocycles. The normalized spacial score (nSPS) is 10.4. The molecule has 1 aromatic carbocycles. The number of carbonyl (C=O) groups excluding carboxylic acids is 1. The Morgan fingerprint density at radius 3 is 2.86 bits per heavy atom. The number of carbonyl (C=O) groups is 1. The van der Waals surface area contributed by atoms with E-state index in [2.05, 4.69) is 0 Å².